The van der Waals surface area contributed by atoms with Crippen LogP contribution in [-0.4, -0.2) is 17.8 Å². The first-order valence-corrected chi connectivity index (χ1v) is 7.33. The van der Waals surface area contributed by atoms with E-state index >= 15 is 0 Å². The number of carbonyl (C=O) groups is 3. The maximum absolute atomic E-state index is 12.5. The van der Waals surface area contributed by atoms with Crippen LogP contribution in [0, 0.1) is 6.92 Å². The van der Waals surface area contributed by atoms with Gasteiger partial charge in [0.2, 0.25) is 0 Å². The molecule has 6 heteroatoms. The van der Waals surface area contributed by atoms with Crippen molar-refractivity contribution in [3.05, 3.63) is 58.6 Å². The van der Waals surface area contributed by atoms with Crippen molar-refractivity contribution < 1.29 is 14.4 Å². The molecule has 5 nitrogen and oxygen atoms in total. The van der Waals surface area contributed by atoms with Crippen LogP contribution >= 0.6 is 15.9 Å². The Morgan fingerprint density at radius 2 is 1.14 bits per heavy atom. The van der Waals surface area contributed by atoms with Gasteiger partial charge in [0.15, 0.2) is 0 Å². The molecule has 1 saturated heterocycles. The largest absolute Gasteiger partial charge is 0.343 e. The second-order valence-electron chi connectivity index (χ2n) is 4.88. The molecule has 2 aromatic carbocycles. The molecule has 110 valence electrons. The summed E-state index contributed by atoms with van der Waals surface area (Å²) < 4.78 is 0.817. The van der Waals surface area contributed by atoms with Gasteiger partial charge in [-0.3, -0.25) is 9.59 Å². The van der Waals surface area contributed by atoms with Crippen molar-refractivity contribution in [2.75, 3.05) is 9.80 Å². The molecule has 1 aliphatic rings. The maximum Gasteiger partial charge on any atom is 0.343 e. The van der Waals surface area contributed by atoms with Crippen molar-refractivity contribution in [2.24, 2.45) is 0 Å². The highest BCUT2D eigenvalue weighted by Crippen LogP contribution is 2.27. The minimum atomic E-state index is -0.854. The molecule has 1 fully saturated rings. The van der Waals surface area contributed by atoms with Crippen molar-refractivity contribution >= 4 is 45.2 Å². The number of benzene rings is 2. The Balaban J connectivity index is 2.00. The molecule has 0 saturated carbocycles. The number of rotatable bonds is 2. The lowest BCUT2D eigenvalue weighted by Crippen LogP contribution is -2.33. The summed E-state index contributed by atoms with van der Waals surface area (Å²) in [4.78, 5) is 38.6. The molecule has 0 radical (unpaired) electrons. The molecule has 0 N–H and O–H groups in total. The molecule has 0 atom stereocenters. The molecule has 1 heterocycles. The van der Waals surface area contributed by atoms with Gasteiger partial charge in [-0.15, -0.1) is 0 Å². The van der Waals surface area contributed by atoms with Crippen molar-refractivity contribution in [3.8, 4) is 0 Å². The quantitative estimate of drug-likeness (QED) is 0.611. The fourth-order valence-corrected chi connectivity index (χ4v) is 2.47. The van der Waals surface area contributed by atoms with Crippen LogP contribution in [0.5, 0.6) is 0 Å². The number of hydrogen-bond donors (Lipinski definition) is 0. The average molecular weight is 359 g/mol. The number of halogens is 1. The van der Waals surface area contributed by atoms with E-state index < -0.39 is 17.8 Å². The standard InChI is InChI=1S/C16H11BrN2O3/c1-10-2-6-12(7-3-10)18-14(20)15(21)19(16(18)22)13-8-4-11(17)5-9-13/h2-9H,1H3. The minimum Gasteiger partial charge on any atom is -0.262 e. The molecule has 22 heavy (non-hydrogen) atoms. The first-order chi connectivity index (χ1) is 10.5. The van der Waals surface area contributed by atoms with E-state index in [2.05, 4.69) is 15.9 Å². The minimum absolute atomic E-state index is 0.362. The highest BCUT2D eigenvalue weighted by atomic mass is 79.9. The van der Waals surface area contributed by atoms with E-state index in [1.54, 1.807) is 48.5 Å². The normalized spacial score (nSPS) is 14.9. The Hall–Kier alpha value is -2.47. The van der Waals surface area contributed by atoms with Crippen molar-refractivity contribution in [3.63, 3.8) is 0 Å². The van der Waals surface area contributed by atoms with Crippen LogP contribution in [0.2, 0.25) is 0 Å². The summed E-state index contributed by atoms with van der Waals surface area (Å²) in [6.07, 6.45) is 0. The molecule has 2 aromatic rings. The molecular formula is C16H11BrN2O3. The van der Waals surface area contributed by atoms with Crippen LogP contribution in [0.25, 0.3) is 0 Å². The summed E-state index contributed by atoms with van der Waals surface area (Å²) in [6, 6.07) is 12.8. The van der Waals surface area contributed by atoms with Crippen LogP contribution < -0.4 is 9.80 Å². The monoisotopic (exact) mass is 358 g/mol. The lowest BCUT2D eigenvalue weighted by Gasteiger charge is -2.15. The number of amides is 4. The van der Waals surface area contributed by atoms with Crippen LogP contribution in [0.15, 0.2) is 53.0 Å². The molecule has 3 rings (SSSR count). The van der Waals surface area contributed by atoms with E-state index in [0.717, 1.165) is 19.8 Å². The average Bonchev–Trinajstić information content (AvgIpc) is 2.72. The molecule has 0 bridgehead atoms. The van der Waals surface area contributed by atoms with Gasteiger partial charge in [-0.05, 0) is 43.3 Å². The van der Waals surface area contributed by atoms with Crippen molar-refractivity contribution in [1.29, 1.82) is 0 Å². The summed E-state index contributed by atoms with van der Waals surface area (Å²) in [5.74, 6) is -1.70. The third-order valence-corrected chi connectivity index (χ3v) is 3.88. The Morgan fingerprint density at radius 1 is 0.727 bits per heavy atom. The lowest BCUT2D eigenvalue weighted by atomic mass is 10.2. The van der Waals surface area contributed by atoms with Gasteiger partial charge in [0.1, 0.15) is 0 Å². The summed E-state index contributed by atoms with van der Waals surface area (Å²) in [5.41, 5.74) is 1.74. The molecule has 1 aliphatic heterocycles. The van der Waals surface area contributed by atoms with Crippen molar-refractivity contribution in [2.45, 2.75) is 6.92 Å². The summed E-state index contributed by atoms with van der Waals surface area (Å²) in [6.45, 7) is 1.90. The van der Waals surface area contributed by atoms with Crippen LogP contribution in [0.4, 0.5) is 16.2 Å². The van der Waals surface area contributed by atoms with E-state index in [0.29, 0.717) is 11.4 Å². The molecule has 0 aliphatic carbocycles. The fraction of sp³-hybridized carbons (Fsp3) is 0.0625. The maximum atomic E-state index is 12.5. The first kappa shape index (κ1) is 14.5. The van der Waals surface area contributed by atoms with E-state index in [1.807, 2.05) is 6.92 Å². The van der Waals surface area contributed by atoms with Gasteiger partial charge in [0.25, 0.3) is 0 Å². The van der Waals surface area contributed by atoms with Crippen molar-refractivity contribution in [1.82, 2.24) is 0 Å². The van der Waals surface area contributed by atoms with Crippen LogP contribution in [-0.2, 0) is 9.59 Å². The molecule has 0 unspecified atom stereocenters. The van der Waals surface area contributed by atoms with Gasteiger partial charge in [0, 0.05) is 4.47 Å². The van der Waals surface area contributed by atoms with Crippen LogP contribution in [0.1, 0.15) is 5.56 Å². The molecule has 0 aromatic heterocycles. The summed E-state index contributed by atoms with van der Waals surface area (Å²) in [5, 5.41) is 0. The Labute approximate surface area is 135 Å². The zero-order valence-electron chi connectivity index (χ0n) is 11.6. The first-order valence-electron chi connectivity index (χ1n) is 6.54. The zero-order valence-corrected chi connectivity index (χ0v) is 13.2. The zero-order chi connectivity index (χ0) is 15.9. The van der Waals surface area contributed by atoms with E-state index in [-0.39, 0.29) is 0 Å². The van der Waals surface area contributed by atoms with Crippen LogP contribution in [0.3, 0.4) is 0 Å². The topological polar surface area (TPSA) is 57.7 Å². The number of nitrogens with zero attached hydrogens (tertiary/aromatic N) is 2. The van der Waals surface area contributed by atoms with E-state index in [9.17, 15) is 14.4 Å². The van der Waals surface area contributed by atoms with Gasteiger partial charge in [-0.1, -0.05) is 33.6 Å². The number of urea groups is 1. The highest BCUT2D eigenvalue weighted by Gasteiger charge is 2.46. The van der Waals surface area contributed by atoms with E-state index in [1.165, 1.54) is 0 Å². The molecule has 4 amide bonds. The number of anilines is 2. The Morgan fingerprint density at radius 3 is 1.59 bits per heavy atom. The van der Waals surface area contributed by atoms with Gasteiger partial charge < -0.3 is 0 Å². The third kappa shape index (κ3) is 2.31. The molecule has 0 spiro atoms. The smallest absolute Gasteiger partial charge is 0.262 e. The predicted octanol–water partition coefficient (Wildman–Crippen LogP) is 3.26. The summed E-state index contributed by atoms with van der Waals surface area (Å²) in [7, 11) is 0. The highest BCUT2D eigenvalue weighted by molar-refractivity contribution is 9.10. The van der Waals surface area contributed by atoms with Gasteiger partial charge in [-0.2, -0.15) is 0 Å². The third-order valence-electron chi connectivity index (χ3n) is 3.35. The second-order valence-corrected chi connectivity index (χ2v) is 5.79. The van der Waals surface area contributed by atoms with E-state index in [4.69, 9.17) is 0 Å². The number of aryl methyl sites for hydroxylation is 1. The number of carbonyl (C=O) groups excluding carboxylic acids is 3. The lowest BCUT2D eigenvalue weighted by molar-refractivity contribution is -0.133. The Kier molecular flexibility index (Phi) is 3.54. The van der Waals surface area contributed by atoms with Gasteiger partial charge in [0.05, 0.1) is 11.4 Å². The van der Waals surface area contributed by atoms with Gasteiger partial charge >= 0.3 is 17.8 Å². The number of imide groups is 2. The molecular weight excluding hydrogens is 348 g/mol. The predicted molar refractivity (Wildman–Crippen MR) is 85.7 cm³/mol. The Bertz CT molecular complexity index is 703. The fourth-order valence-electron chi connectivity index (χ4n) is 2.20. The SMILES string of the molecule is Cc1ccc(N2C(=O)C(=O)N(c3ccc(Br)cc3)C2=O)cc1. The van der Waals surface area contributed by atoms with Gasteiger partial charge in [-0.25, -0.2) is 14.6 Å². The summed E-state index contributed by atoms with van der Waals surface area (Å²) >= 11 is 3.29. The number of hydrogen-bond acceptors (Lipinski definition) is 3. The second kappa shape index (κ2) is 5.38.